The largest absolute Gasteiger partial charge is 0.504 e. The van der Waals surface area contributed by atoms with Crippen molar-refractivity contribution in [2.75, 3.05) is 6.54 Å². The monoisotopic (exact) mass is 220 g/mol. The quantitative estimate of drug-likeness (QED) is 0.523. The van der Waals surface area contributed by atoms with Crippen LogP contribution in [0, 0.1) is 11.3 Å². The lowest BCUT2D eigenvalue weighted by Gasteiger charge is -2.04. The zero-order valence-electron chi connectivity index (χ0n) is 8.60. The van der Waals surface area contributed by atoms with Gasteiger partial charge in [0, 0.05) is 18.5 Å². The molecule has 5 nitrogen and oxygen atoms in total. The highest BCUT2D eigenvalue weighted by atomic mass is 16.3. The van der Waals surface area contributed by atoms with Gasteiger partial charge in [0.15, 0.2) is 11.5 Å². The Morgan fingerprint density at radius 3 is 2.75 bits per heavy atom. The number of unbranched alkanes of at least 4 members (excludes halogenated alkanes) is 1. The molecule has 16 heavy (non-hydrogen) atoms. The van der Waals surface area contributed by atoms with E-state index in [1.54, 1.807) is 0 Å². The average molecular weight is 220 g/mol. The first-order valence-electron chi connectivity index (χ1n) is 4.82. The zero-order chi connectivity index (χ0) is 12.0. The number of phenols is 2. The molecule has 5 heteroatoms. The number of benzene rings is 1. The molecule has 0 saturated heterocycles. The molecule has 0 radical (unpaired) electrons. The van der Waals surface area contributed by atoms with E-state index in [4.69, 9.17) is 10.4 Å². The van der Waals surface area contributed by atoms with Crippen LogP contribution in [0.2, 0.25) is 0 Å². The van der Waals surface area contributed by atoms with Gasteiger partial charge in [-0.2, -0.15) is 5.26 Å². The fraction of sp³-hybridized carbons (Fsp3) is 0.273. The standard InChI is InChI=1S/C11H12N2O3/c12-5-1-2-6-13-11(16)8-3-4-9(14)10(15)7-8/h3-4,7,14-15H,1-2,6H2,(H,13,16). The van der Waals surface area contributed by atoms with E-state index in [0.29, 0.717) is 19.4 Å². The second-order valence-electron chi connectivity index (χ2n) is 3.22. The van der Waals surface area contributed by atoms with Crippen molar-refractivity contribution in [2.24, 2.45) is 0 Å². The minimum absolute atomic E-state index is 0.263. The number of nitrogens with zero attached hydrogens (tertiary/aromatic N) is 1. The van der Waals surface area contributed by atoms with Gasteiger partial charge in [-0.1, -0.05) is 0 Å². The van der Waals surface area contributed by atoms with Gasteiger partial charge in [-0.15, -0.1) is 0 Å². The molecule has 0 spiro atoms. The predicted octanol–water partition coefficient (Wildman–Crippen LogP) is 1.13. The van der Waals surface area contributed by atoms with Crippen molar-refractivity contribution >= 4 is 5.91 Å². The first-order chi connectivity index (χ1) is 7.65. The van der Waals surface area contributed by atoms with Crippen LogP contribution in [0.5, 0.6) is 11.5 Å². The summed E-state index contributed by atoms with van der Waals surface area (Å²) >= 11 is 0. The van der Waals surface area contributed by atoms with Gasteiger partial charge < -0.3 is 15.5 Å². The Balaban J connectivity index is 2.53. The highest BCUT2D eigenvalue weighted by molar-refractivity contribution is 5.94. The summed E-state index contributed by atoms with van der Waals surface area (Å²) in [7, 11) is 0. The van der Waals surface area contributed by atoms with E-state index < -0.39 is 0 Å². The fourth-order valence-electron chi connectivity index (χ4n) is 1.14. The van der Waals surface area contributed by atoms with E-state index in [9.17, 15) is 9.90 Å². The SMILES string of the molecule is N#CCCCNC(=O)c1ccc(O)c(O)c1. The summed E-state index contributed by atoms with van der Waals surface area (Å²) < 4.78 is 0. The van der Waals surface area contributed by atoms with Crippen LogP contribution in [0.3, 0.4) is 0 Å². The van der Waals surface area contributed by atoms with Gasteiger partial charge in [0.05, 0.1) is 6.07 Å². The van der Waals surface area contributed by atoms with Crippen molar-refractivity contribution in [3.05, 3.63) is 23.8 Å². The fourth-order valence-corrected chi connectivity index (χ4v) is 1.14. The summed E-state index contributed by atoms with van der Waals surface area (Å²) in [6.45, 7) is 0.411. The first kappa shape index (κ1) is 11.9. The van der Waals surface area contributed by atoms with Gasteiger partial charge in [0.1, 0.15) is 0 Å². The number of carbonyl (C=O) groups excluding carboxylic acids is 1. The molecule has 0 aromatic heterocycles. The Hall–Kier alpha value is -2.22. The lowest BCUT2D eigenvalue weighted by molar-refractivity contribution is 0.0953. The topological polar surface area (TPSA) is 93.4 Å². The third-order valence-corrected chi connectivity index (χ3v) is 1.99. The molecule has 0 aliphatic heterocycles. The number of rotatable bonds is 4. The van der Waals surface area contributed by atoms with Gasteiger partial charge in [0.25, 0.3) is 5.91 Å². The number of hydrogen-bond acceptors (Lipinski definition) is 4. The molecule has 0 aliphatic rings. The summed E-state index contributed by atoms with van der Waals surface area (Å²) in [5.41, 5.74) is 0.271. The van der Waals surface area contributed by atoms with E-state index in [1.807, 2.05) is 6.07 Å². The molecule has 0 saturated carbocycles. The van der Waals surface area contributed by atoms with E-state index in [2.05, 4.69) is 5.32 Å². The number of phenolic OH excluding ortho intramolecular Hbond substituents is 2. The molecule has 0 unspecified atom stereocenters. The lowest BCUT2D eigenvalue weighted by atomic mass is 10.2. The third kappa shape index (κ3) is 3.17. The summed E-state index contributed by atoms with van der Waals surface area (Å²) in [4.78, 5) is 11.5. The van der Waals surface area contributed by atoms with Crippen LogP contribution in [0.15, 0.2) is 18.2 Å². The van der Waals surface area contributed by atoms with E-state index in [1.165, 1.54) is 18.2 Å². The molecule has 0 aliphatic carbocycles. The molecule has 3 N–H and O–H groups in total. The normalized spacial score (nSPS) is 9.44. The summed E-state index contributed by atoms with van der Waals surface area (Å²) in [5, 5.41) is 29.1. The van der Waals surface area contributed by atoms with Crippen LogP contribution in [0.1, 0.15) is 23.2 Å². The van der Waals surface area contributed by atoms with Gasteiger partial charge in [0.2, 0.25) is 0 Å². The third-order valence-electron chi connectivity index (χ3n) is 1.99. The molecule has 0 bridgehead atoms. The van der Waals surface area contributed by atoms with Crippen LogP contribution in [-0.2, 0) is 0 Å². The molecule has 1 aromatic rings. The Labute approximate surface area is 92.9 Å². The Morgan fingerprint density at radius 2 is 2.12 bits per heavy atom. The number of nitrogens with one attached hydrogen (secondary N) is 1. The van der Waals surface area contributed by atoms with Crippen LogP contribution in [0.25, 0.3) is 0 Å². The number of aromatic hydroxyl groups is 2. The molecule has 1 amide bonds. The number of nitriles is 1. The van der Waals surface area contributed by atoms with Gasteiger partial charge in [-0.3, -0.25) is 4.79 Å². The first-order valence-corrected chi connectivity index (χ1v) is 4.82. The maximum atomic E-state index is 11.5. The summed E-state index contributed by atoms with van der Waals surface area (Å²) in [6, 6.07) is 5.82. The second kappa shape index (κ2) is 5.61. The van der Waals surface area contributed by atoms with Gasteiger partial charge in [-0.25, -0.2) is 0 Å². The smallest absolute Gasteiger partial charge is 0.251 e. The minimum Gasteiger partial charge on any atom is -0.504 e. The molecular formula is C11H12N2O3. The highest BCUT2D eigenvalue weighted by Crippen LogP contribution is 2.24. The Bertz CT molecular complexity index is 424. The molecule has 1 aromatic carbocycles. The van der Waals surface area contributed by atoms with E-state index in [0.717, 1.165) is 0 Å². The van der Waals surface area contributed by atoms with Crippen molar-refractivity contribution in [1.29, 1.82) is 5.26 Å². The number of hydrogen-bond donors (Lipinski definition) is 3. The highest BCUT2D eigenvalue weighted by Gasteiger charge is 2.07. The van der Waals surface area contributed by atoms with Crippen LogP contribution in [-0.4, -0.2) is 22.7 Å². The minimum atomic E-state index is -0.340. The van der Waals surface area contributed by atoms with E-state index >= 15 is 0 Å². The molecule has 0 atom stereocenters. The average Bonchev–Trinajstić information content (AvgIpc) is 2.28. The second-order valence-corrected chi connectivity index (χ2v) is 3.22. The van der Waals surface area contributed by atoms with Crippen LogP contribution in [0.4, 0.5) is 0 Å². The summed E-state index contributed by atoms with van der Waals surface area (Å²) in [5.74, 6) is -0.932. The Morgan fingerprint density at radius 1 is 1.38 bits per heavy atom. The van der Waals surface area contributed by atoms with Gasteiger partial charge >= 0.3 is 0 Å². The maximum Gasteiger partial charge on any atom is 0.251 e. The molecule has 0 fully saturated rings. The van der Waals surface area contributed by atoms with Crippen LogP contribution >= 0.6 is 0 Å². The molecule has 0 heterocycles. The van der Waals surface area contributed by atoms with Crippen molar-refractivity contribution in [1.82, 2.24) is 5.32 Å². The van der Waals surface area contributed by atoms with Gasteiger partial charge in [-0.05, 0) is 24.6 Å². The lowest BCUT2D eigenvalue weighted by Crippen LogP contribution is -2.24. The number of carbonyl (C=O) groups is 1. The van der Waals surface area contributed by atoms with Crippen molar-refractivity contribution in [2.45, 2.75) is 12.8 Å². The van der Waals surface area contributed by atoms with E-state index in [-0.39, 0.29) is 23.0 Å². The Kier molecular flexibility index (Phi) is 4.16. The van der Waals surface area contributed by atoms with Crippen molar-refractivity contribution in [3.63, 3.8) is 0 Å². The predicted molar refractivity (Wildman–Crippen MR) is 57.0 cm³/mol. The maximum absolute atomic E-state index is 11.5. The zero-order valence-corrected chi connectivity index (χ0v) is 8.60. The number of amides is 1. The molecular weight excluding hydrogens is 208 g/mol. The molecule has 84 valence electrons. The van der Waals surface area contributed by atoms with Crippen LogP contribution < -0.4 is 5.32 Å². The molecule has 1 rings (SSSR count). The van der Waals surface area contributed by atoms with Crippen molar-refractivity contribution in [3.8, 4) is 17.6 Å². The summed E-state index contributed by atoms with van der Waals surface area (Å²) in [6.07, 6.45) is 0.980. The van der Waals surface area contributed by atoms with Crippen molar-refractivity contribution < 1.29 is 15.0 Å².